The SMILES string of the molecule is CC(C)(C)OC(=O)N[C@@H](CO)c1ccccc1.CC(C)(C)OC(=O)N[C@@H](COc1ccc2c(c1)NC(=O)C2)c1ccccc1.CC(C)(C)OC(=O)N[C@@H](COc1ccc2cc[nH]c2c1)c1ccccc1.O=C1Cc2ccc(OC[C@H](CC(=O)c3cccn(Cc4cc(F)c(F)c(F)c4)c3=O)c3ccccc3)cc2N1.Oc1ccc2cc[nH]c2c1. The average Bonchev–Trinajstić information content (AvgIpc) is 1.46. The van der Waals surface area contributed by atoms with Crippen LogP contribution in [-0.2, 0) is 43.2 Å². The van der Waals surface area contributed by atoms with Crippen molar-refractivity contribution in [1.82, 2.24) is 30.5 Å². The number of H-pyrrole nitrogens is 2. The molecule has 620 valence electrons. The number of Topliss-reactive ketones (excluding diaryl/α,β-unsaturated/α-hetero) is 1. The van der Waals surface area contributed by atoms with Crippen LogP contribution in [0.15, 0.2) is 254 Å². The zero-order valence-electron chi connectivity index (χ0n) is 67.4. The highest BCUT2D eigenvalue weighted by atomic mass is 19.2. The molecule has 12 aromatic rings. The molecule has 0 radical (unpaired) electrons. The van der Waals surface area contributed by atoms with Gasteiger partial charge in [0.1, 0.15) is 53.0 Å². The molecule has 2 aliphatic heterocycles. The number of fused-ring (bicyclic) bond motifs is 4. The number of anilines is 2. The molecule has 5 heterocycles. The van der Waals surface area contributed by atoms with Crippen LogP contribution in [0.5, 0.6) is 23.0 Å². The lowest BCUT2D eigenvalue weighted by molar-refractivity contribution is -0.115. The van der Waals surface area contributed by atoms with Gasteiger partial charge in [-0.3, -0.25) is 19.2 Å². The fourth-order valence-corrected chi connectivity index (χ4v) is 12.5. The molecule has 119 heavy (non-hydrogen) atoms. The van der Waals surface area contributed by atoms with Crippen LogP contribution in [0.1, 0.15) is 142 Å². The fraction of sp³-hybridized carbons (Fsp3) is 0.258. The van der Waals surface area contributed by atoms with Crippen LogP contribution in [0.3, 0.4) is 0 Å². The molecule has 4 atom stereocenters. The Balaban J connectivity index is 0.000000165. The molecule has 9 N–H and O–H groups in total. The number of aliphatic hydroxyl groups excluding tert-OH is 1. The van der Waals surface area contributed by atoms with Crippen molar-refractivity contribution in [3.05, 3.63) is 321 Å². The number of alkyl carbamates (subject to hydrolysis) is 3. The van der Waals surface area contributed by atoms with E-state index in [1.807, 2.05) is 230 Å². The number of amides is 5. The second-order valence-electron chi connectivity index (χ2n) is 31.0. The summed E-state index contributed by atoms with van der Waals surface area (Å²) in [5, 5.41) is 34.5. The first-order valence-corrected chi connectivity index (χ1v) is 38.5. The monoisotopic (exact) mass is 1620 g/mol. The minimum absolute atomic E-state index is 0.0177. The predicted octanol–water partition coefficient (Wildman–Crippen LogP) is 18.0. The number of phenolic OH excluding ortho intramolecular Hbond substituents is 1. The maximum atomic E-state index is 13.6. The lowest BCUT2D eigenvalue weighted by atomic mass is 9.92. The lowest BCUT2D eigenvalue weighted by Crippen LogP contribution is -2.37. The number of rotatable bonds is 22. The molecule has 5 amide bonds. The van der Waals surface area contributed by atoms with Gasteiger partial charge in [0.05, 0.1) is 56.3 Å². The van der Waals surface area contributed by atoms with Crippen LogP contribution in [0.2, 0.25) is 0 Å². The molecule has 0 spiro atoms. The van der Waals surface area contributed by atoms with E-state index in [0.717, 1.165) is 83.3 Å². The molecule has 0 saturated heterocycles. The summed E-state index contributed by atoms with van der Waals surface area (Å²) in [6.07, 6.45) is 4.32. The molecular weight excluding hydrogens is 1530 g/mol. The highest BCUT2D eigenvalue weighted by molar-refractivity contribution is 6.00. The van der Waals surface area contributed by atoms with E-state index in [9.17, 15) is 51.8 Å². The summed E-state index contributed by atoms with van der Waals surface area (Å²) in [6, 6.07) is 67.2. The third kappa shape index (κ3) is 27.2. The Labute approximate surface area is 687 Å². The number of nitrogens with one attached hydrogen (secondary N) is 7. The Hall–Kier alpha value is -13.6. The molecule has 26 heteroatoms. The van der Waals surface area contributed by atoms with E-state index in [-0.39, 0.29) is 67.8 Å². The second-order valence-corrected chi connectivity index (χ2v) is 31.0. The van der Waals surface area contributed by atoms with Crippen LogP contribution < -0.4 is 46.4 Å². The average molecular weight is 1620 g/mol. The van der Waals surface area contributed by atoms with E-state index in [1.165, 1.54) is 18.3 Å². The summed E-state index contributed by atoms with van der Waals surface area (Å²) in [6.45, 7) is 16.6. The van der Waals surface area contributed by atoms with Gasteiger partial charge in [0, 0.05) is 77.6 Å². The van der Waals surface area contributed by atoms with E-state index in [0.29, 0.717) is 42.4 Å². The number of hydrogen-bond acceptors (Lipinski definition) is 15. The van der Waals surface area contributed by atoms with Crippen molar-refractivity contribution in [2.45, 2.75) is 129 Å². The molecule has 2 aliphatic rings. The molecule has 0 aliphatic carbocycles. The van der Waals surface area contributed by atoms with Gasteiger partial charge in [-0.25, -0.2) is 27.6 Å². The number of pyridine rings is 1. The molecular formula is C93H97F3N8O15. The van der Waals surface area contributed by atoms with Crippen molar-refractivity contribution in [2.24, 2.45) is 0 Å². The van der Waals surface area contributed by atoms with Crippen molar-refractivity contribution in [1.29, 1.82) is 0 Å². The number of phenols is 1. The number of aromatic amines is 2. The van der Waals surface area contributed by atoms with Crippen molar-refractivity contribution in [3.8, 4) is 23.0 Å². The number of halogens is 3. The van der Waals surface area contributed by atoms with E-state index in [2.05, 4.69) is 36.6 Å². The van der Waals surface area contributed by atoms with E-state index in [4.69, 9.17) is 33.5 Å². The maximum absolute atomic E-state index is 13.6. The highest BCUT2D eigenvalue weighted by Gasteiger charge is 2.28. The van der Waals surface area contributed by atoms with Crippen molar-refractivity contribution >= 4 is 69.1 Å². The zero-order valence-corrected chi connectivity index (χ0v) is 67.4. The number of aromatic nitrogens is 3. The number of carbonyl (C=O) groups is 6. The van der Waals surface area contributed by atoms with Gasteiger partial charge in [0.2, 0.25) is 11.8 Å². The summed E-state index contributed by atoms with van der Waals surface area (Å²) in [7, 11) is 0. The van der Waals surface area contributed by atoms with E-state index >= 15 is 0 Å². The number of benzene rings is 9. The summed E-state index contributed by atoms with van der Waals surface area (Å²) >= 11 is 0. The number of nitrogens with zero attached hydrogens (tertiary/aromatic N) is 1. The lowest BCUT2D eigenvalue weighted by Gasteiger charge is -2.24. The Morgan fingerprint density at radius 2 is 0.866 bits per heavy atom. The van der Waals surface area contributed by atoms with Gasteiger partial charge in [-0.2, -0.15) is 0 Å². The summed E-state index contributed by atoms with van der Waals surface area (Å²) in [5.41, 5.74) is 6.51. The van der Waals surface area contributed by atoms with Crippen LogP contribution in [-0.4, -0.2) is 104 Å². The molecule has 9 aromatic carbocycles. The van der Waals surface area contributed by atoms with Gasteiger partial charge < -0.3 is 79.8 Å². The first-order valence-electron chi connectivity index (χ1n) is 38.5. The summed E-state index contributed by atoms with van der Waals surface area (Å²) in [5.74, 6) is -3.03. The standard InChI is InChI=1S/C30H23F3N2O4.C21H24N2O4.C21H24N2O3.C13H19NO3.C8H7NO/c31-24-11-18(12-25(32)29(24)33)16-35-10-4-7-23(30(35)38)27(36)13-21(19-5-2-1-3-6-19)17-39-22-9-8-20-14-28(37)34-26(20)15-22;1-21(2,3)27-20(25)23-18(14-7-5-4-6-8-14)13-26-16-10-9-15-11-19(24)22-17(15)12-16;1-21(2,3)26-20(24)23-19(15-7-5-4-6-8-15)14-25-17-10-9-16-11-12-22-18(16)13-17;1-13(2,3)17-12(16)14-11(9-15)10-7-5-4-6-8-10;10-7-2-1-6-3-4-9-8(6)5-7/h1-12,15,21H,13-14,16-17H2,(H,34,37);4-10,12,18H,11,13H2,1-3H3,(H,22,24)(H,23,25);4-13,19,22H,14H2,1-3H3,(H,23,24);4-8,11,15H,9H2,1-3H3,(H,14,16);1-5,9-10H/t21-;18-;19-;11-;/m0000./s1. The maximum Gasteiger partial charge on any atom is 0.408 e. The van der Waals surface area contributed by atoms with Crippen LogP contribution >= 0.6 is 0 Å². The van der Waals surface area contributed by atoms with E-state index in [1.54, 1.807) is 51.1 Å². The molecule has 23 nitrogen and oxygen atoms in total. The molecule has 14 rings (SSSR count). The third-order valence-corrected chi connectivity index (χ3v) is 18.0. The zero-order chi connectivity index (χ0) is 85.4. The normalized spacial score (nSPS) is 12.9. The first kappa shape index (κ1) is 87.8. The minimum atomic E-state index is -1.59. The number of carbonyl (C=O) groups excluding carboxylic acids is 6. The van der Waals surface area contributed by atoms with Gasteiger partial charge in [0.15, 0.2) is 23.2 Å². The van der Waals surface area contributed by atoms with Crippen molar-refractivity contribution in [2.75, 3.05) is 37.1 Å². The number of hydrogen-bond donors (Lipinski definition) is 9. The molecule has 3 aromatic heterocycles. The van der Waals surface area contributed by atoms with Crippen molar-refractivity contribution in [3.63, 3.8) is 0 Å². The Bertz CT molecular complexity index is 5470. The number of aliphatic hydroxyl groups is 1. The quantitative estimate of drug-likeness (QED) is 0.0173. The highest BCUT2D eigenvalue weighted by Crippen LogP contribution is 2.32. The number of ether oxygens (including phenoxy) is 6. The predicted molar refractivity (Wildman–Crippen MR) is 449 cm³/mol. The molecule has 0 fully saturated rings. The molecule has 0 unspecified atom stereocenters. The van der Waals surface area contributed by atoms with Crippen LogP contribution in [0, 0.1) is 17.5 Å². The third-order valence-electron chi connectivity index (χ3n) is 18.0. The molecule has 0 saturated carbocycles. The minimum Gasteiger partial charge on any atom is -0.508 e. The van der Waals surface area contributed by atoms with Gasteiger partial charge in [-0.05, 0) is 185 Å². The fourth-order valence-electron chi connectivity index (χ4n) is 12.5. The summed E-state index contributed by atoms with van der Waals surface area (Å²) in [4.78, 5) is 91.7. The number of ketones is 1. The van der Waals surface area contributed by atoms with Crippen LogP contribution in [0.25, 0.3) is 21.8 Å². The van der Waals surface area contributed by atoms with Crippen LogP contribution in [0.4, 0.5) is 38.9 Å². The van der Waals surface area contributed by atoms with Gasteiger partial charge in [-0.1, -0.05) is 133 Å². The first-order chi connectivity index (χ1) is 56.8. The van der Waals surface area contributed by atoms with Crippen molar-refractivity contribution < 1.29 is 80.6 Å². The van der Waals surface area contributed by atoms with Gasteiger partial charge in [-0.15, -0.1) is 0 Å². The Kier molecular flexibility index (Phi) is 30.1. The topological polar surface area (TPSA) is 312 Å². The van der Waals surface area contributed by atoms with E-state index < -0.39 is 75.8 Å². The Morgan fingerprint density at radius 3 is 1.32 bits per heavy atom. The summed E-state index contributed by atoms with van der Waals surface area (Å²) < 4.78 is 75.5. The molecule has 0 bridgehead atoms. The largest absolute Gasteiger partial charge is 0.508 e. The Morgan fingerprint density at radius 1 is 0.462 bits per heavy atom. The van der Waals surface area contributed by atoms with Gasteiger partial charge in [0.25, 0.3) is 5.56 Å². The van der Waals surface area contributed by atoms with Gasteiger partial charge >= 0.3 is 18.3 Å². The number of aromatic hydroxyl groups is 1. The smallest absolute Gasteiger partial charge is 0.408 e. The second kappa shape index (κ2) is 40.8.